The molecule has 0 aliphatic rings. The zero-order chi connectivity index (χ0) is 15.2. The monoisotopic (exact) mass is 288 g/mol. The normalized spacial score (nSPS) is 12.2. The van der Waals surface area contributed by atoms with Gasteiger partial charge in [0.05, 0.1) is 25.9 Å². The van der Waals surface area contributed by atoms with Gasteiger partial charge in [0.25, 0.3) is 0 Å². The zero-order valence-corrected chi connectivity index (χ0v) is 12.9. The van der Waals surface area contributed by atoms with Crippen LogP contribution in [0.15, 0.2) is 0 Å². The van der Waals surface area contributed by atoms with Crippen LogP contribution in [0.2, 0.25) is 0 Å². The minimum atomic E-state index is -0.377. The Morgan fingerprint density at radius 1 is 1.15 bits per heavy atom. The molecule has 0 rings (SSSR count). The number of nitrogens with one attached hydrogen (secondary N) is 2. The van der Waals surface area contributed by atoms with E-state index in [1.807, 2.05) is 7.05 Å². The molecule has 6 heteroatoms. The first kappa shape index (κ1) is 19.0. The van der Waals surface area contributed by atoms with Crippen molar-refractivity contribution in [3.05, 3.63) is 0 Å². The molecule has 1 atom stereocenters. The largest absolute Gasteiger partial charge is 0.382 e. The highest BCUT2D eigenvalue weighted by atomic mass is 16.5. The van der Waals surface area contributed by atoms with Gasteiger partial charge in [0.15, 0.2) is 5.78 Å². The first-order chi connectivity index (χ1) is 9.61. The summed E-state index contributed by atoms with van der Waals surface area (Å²) in [5.41, 5.74) is 0. The molecule has 0 aromatic rings. The van der Waals surface area contributed by atoms with Crippen molar-refractivity contribution in [3.8, 4) is 0 Å². The van der Waals surface area contributed by atoms with Gasteiger partial charge >= 0.3 is 0 Å². The molecule has 2 N–H and O–H groups in total. The maximum absolute atomic E-state index is 11.7. The number of hydrogen-bond acceptors (Lipinski definition) is 5. The zero-order valence-electron chi connectivity index (χ0n) is 12.9. The quantitative estimate of drug-likeness (QED) is 0.483. The van der Waals surface area contributed by atoms with Gasteiger partial charge in [-0.05, 0) is 39.8 Å². The molecule has 0 bridgehead atoms. The van der Waals surface area contributed by atoms with Crippen molar-refractivity contribution in [1.29, 1.82) is 0 Å². The molecule has 1 amide bonds. The van der Waals surface area contributed by atoms with Gasteiger partial charge in [-0.25, -0.2) is 0 Å². The highest BCUT2D eigenvalue weighted by Crippen LogP contribution is 2.02. The van der Waals surface area contributed by atoms with Crippen LogP contribution in [0, 0.1) is 0 Å². The average Bonchev–Trinajstić information content (AvgIpc) is 2.41. The van der Waals surface area contributed by atoms with E-state index in [1.54, 1.807) is 7.11 Å². The van der Waals surface area contributed by atoms with Crippen molar-refractivity contribution in [2.45, 2.75) is 38.6 Å². The molecule has 0 fully saturated rings. The van der Waals surface area contributed by atoms with Gasteiger partial charge in [-0.15, -0.1) is 0 Å². The van der Waals surface area contributed by atoms with Gasteiger partial charge in [0, 0.05) is 13.5 Å². The van der Waals surface area contributed by atoms with E-state index < -0.39 is 0 Å². The standard InChI is InChI=1S/C14H28N2O4/c1-12(17)13(6-4-5-8-15-2)16-14(18)7-9-20-11-10-19-3/h13,15H,4-11H2,1-3H3,(H,16,18)/t13-/m1/s1. The predicted molar refractivity (Wildman–Crippen MR) is 77.7 cm³/mol. The van der Waals surface area contributed by atoms with Crippen molar-refractivity contribution < 1.29 is 19.1 Å². The molecule has 0 radical (unpaired) electrons. The molecule has 0 aromatic heterocycles. The summed E-state index contributed by atoms with van der Waals surface area (Å²) < 4.78 is 10.1. The van der Waals surface area contributed by atoms with Crippen LogP contribution >= 0.6 is 0 Å². The van der Waals surface area contributed by atoms with Crippen molar-refractivity contribution in [3.63, 3.8) is 0 Å². The summed E-state index contributed by atoms with van der Waals surface area (Å²) >= 11 is 0. The Kier molecular flexibility index (Phi) is 12.4. The number of methoxy groups -OCH3 is 1. The highest BCUT2D eigenvalue weighted by Gasteiger charge is 2.16. The summed E-state index contributed by atoms with van der Waals surface area (Å²) in [6, 6.07) is -0.377. The molecule has 0 saturated carbocycles. The highest BCUT2D eigenvalue weighted by molar-refractivity contribution is 5.87. The SMILES string of the molecule is CNCCCC[C@@H](NC(=O)CCOCCOC)C(C)=O. The Morgan fingerprint density at radius 2 is 1.90 bits per heavy atom. The molecular formula is C14H28N2O4. The molecule has 0 aliphatic heterocycles. The molecule has 20 heavy (non-hydrogen) atoms. The lowest BCUT2D eigenvalue weighted by atomic mass is 10.1. The number of amides is 1. The Morgan fingerprint density at radius 3 is 2.50 bits per heavy atom. The van der Waals surface area contributed by atoms with Crippen LogP contribution in [-0.4, -0.2) is 58.3 Å². The van der Waals surface area contributed by atoms with Crippen LogP contribution in [0.4, 0.5) is 0 Å². The molecule has 0 aromatic carbocycles. The van der Waals surface area contributed by atoms with E-state index in [0.29, 0.717) is 26.2 Å². The molecule has 0 saturated heterocycles. The minimum Gasteiger partial charge on any atom is -0.382 e. The number of rotatable bonds is 13. The third-order valence-electron chi connectivity index (χ3n) is 2.90. The fourth-order valence-corrected chi connectivity index (χ4v) is 1.70. The van der Waals surface area contributed by atoms with Crippen molar-refractivity contribution in [2.75, 3.05) is 40.5 Å². The van der Waals surface area contributed by atoms with Crippen LogP contribution < -0.4 is 10.6 Å². The summed E-state index contributed by atoms with van der Waals surface area (Å²) in [6.45, 7) is 3.77. The van der Waals surface area contributed by atoms with Gasteiger partial charge in [-0.1, -0.05) is 0 Å². The lowest BCUT2D eigenvalue weighted by Gasteiger charge is -2.16. The topological polar surface area (TPSA) is 76.7 Å². The van der Waals surface area contributed by atoms with E-state index >= 15 is 0 Å². The summed E-state index contributed by atoms with van der Waals surface area (Å²) in [6.07, 6.45) is 2.86. The van der Waals surface area contributed by atoms with Gasteiger partial charge in [-0.2, -0.15) is 0 Å². The van der Waals surface area contributed by atoms with Crippen LogP contribution in [0.5, 0.6) is 0 Å². The fourth-order valence-electron chi connectivity index (χ4n) is 1.70. The van der Waals surface area contributed by atoms with E-state index in [2.05, 4.69) is 10.6 Å². The Hall–Kier alpha value is -0.980. The van der Waals surface area contributed by atoms with Gasteiger partial charge < -0.3 is 20.1 Å². The molecule has 0 unspecified atom stereocenters. The summed E-state index contributed by atoms with van der Waals surface area (Å²) in [5.74, 6) is -0.139. The van der Waals surface area contributed by atoms with E-state index in [-0.39, 0.29) is 24.2 Å². The predicted octanol–water partition coefficient (Wildman–Crippen LogP) is 0.503. The van der Waals surface area contributed by atoms with E-state index in [1.165, 1.54) is 6.92 Å². The second-order valence-electron chi connectivity index (χ2n) is 4.69. The average molecular weight is 288 g/mol. The third-order valence-corrected chi connectivity index (χ3v) is 2.90. The number of Topliss-reactive ketones (excluding diaryl/α,β-unsaturated/α-hetero) is 1. The lowest BCUT2D eigenvalue weighted by Crippen LogP contribution is -2.40. The Balaban J connectivity index is 3.81. The molecular weight excluding hydrogens is 260 g/mol. The van der Waals surface area contributed by atoms with Crippen molar-refractivity contribution >= 4 is 11.7 Å². The lowest BCUT2D eigenvalue weighted by molar-refractivity contribution is -0.127. The van der Waals surface area contributed by atoms with Crippen LogP contribution in [0.3, 0.4) is 0 Å². The van der Waals surface area contributed by atoms with Crippen molar-refractivity contribution in [1.82, 2.24) is 10.6 Å². The van der Waals surface area contributed by atoms with E-state index in [4.69, 9.17) is 9.47 Å². The fraction of sp³-hybridized carbons (Fsp3) is 0.857. The third kappa shape index (κ3) is 10.9. The molecule has 118 valence electrons. The maximum atomic E-state index is 11.7. The smallest absolute Gasteiger partial charge is 0.222 e. The first-order valence-electron chi connectivity index (χ1n) is 7.13. The van der Waals surface area contributed by atoms with Crippen LogP contribution in [0.25, 0.3) is 0 Å². The summed E-state index contributed by atoms with van der Waals surface area (Å²) in [4.78, 5) is 23.2. The maximum Gasteiger partial charge on any atom is 0.222 e. The number of hydrogen-bond donors (Lipinski definition) is 2. The van der Waals surface area contributed by atoms with E-state index in [0.717, 1.165) is 19.4 Å². The molecule has 0 spiro atoms. The van der Waals surface area contributed by atoms with Crippen molar-refractivity contribution in [2.24, 2.45) is 0 Å². The number of ketones is 1. The second-order valence-corrected chi connectivity index (χ2v) is 4.69. The number of ether oxygens (including phenoxy) is 2. The minimum absolute atomic E-state index is 0.00288. The van der Waals surface area contributed by atoms with E-state index in [9.17, 15) is 9.59 Å². The summed E-state index contributed by atoms with van der Waals surface area (Å²) in [7, 11) is 3.50. The van der Waals surface area contributed by atoms with Gasteiger partial charge in [-0.3, -0.25) is 9.59 Å². The molecule has 0 aliphatic carbocycles. The van der Waals surface area contributed by atoms with Crippen LogP contribution in [-0.2, 0) is 19.1 Å². The number of carbonyl (C=O) groups is 2. The second kappa shape index (κ2) is 13.0. The first-order valence-corrected chi connectivity index (χ1v) is 7.13. The van der Waals surface area contributed by atoms with Crippen LogP contribution in [0.1, 0.15) is 32.6 Å². The summed E-state index contributed by atoms with van der Waals surface area (Å²) in [5, 5.41) is 5.82. The Bertz CT molecular complexity index is 272. The number of unbranched alkanes of at least 4 members (excludes halogenated alkanes) is 1. The number of carbonyl (C=O) groups excluding carboxylic acids is 2. The Labute approximate surface area is 121 Å². The van der Waals surface area contributed by atoms with Gasteiger partial charge in [0.1, 0.15) is 0 Å². The molecule has 6 nitrogen and oxygen atoms in total. The molecule has 0 heterocycles. The van der Waals surface area contributed by atoms with Gasteiger partial charge in [0.2, 0.25) is 5.91 Å².